The quantitative estimate of drug-likeness (QED) is 0.488. The number of hydrogen-bond donors (Lipinski definition) is 0. The van der Waals surface area contributed by atoms with Crippen molar-refractivity contribution in [3.05, 3.63) is 53.5 Å². The maximum Gasteiger partial charge on any atom is 0.373 e. The Labute approximate surface area is 114 Å². The summed E-state index contributed by atoms with van der Waals surface area (Å²) in [6.07, 6.45) is 1.96. The van der Waals surface area contributed by atoms with E-state index in [1.165, 1.54) is 19.2 Å². The lowest BCUT2D eigenvalue weighted by molar-refractivity contribution is 0.0563. The van der Waals surface area contributed by atoms with Gasteiger partial charge in [0.05, 0.1) is 7.11 Å². The molecule has 1 aromatic carbocycles. The monoisotopic (exact) mass is 276 g/mol. The molecule has 19 heavy (non-hydrogen) atoms. The zero-order chi connectivity index (χ0) is 13.8. The normalized spacial score (nSPS) is 10.2. The Balaban J connectivity index is 2.23. The standard InChI is InChI=1S/C14H12O4S/c1-17-14(16)12-8-7-11(18-12)13(15)9-3-5-10(19-2)6-4-9/h3-8H,1-2H3. The third kappa shape index (κ3) is 2.88. The Bertz CT molecular complexity index is 598. The van der Waals surface area contributed by atoms with E-state index < -0.39 is 5.97 Å². The first-order valence-corrected chi connectivity index (χ1v) is 6.75. The number of benzene rings is 1. The number of carbonyl (C=O) groups is 2. The van der Waals surface area contributed by atoms with Gasteiger partial charge in [-0.2, -0.15) is 0 Å². The van der Waals surface area contributed by atoms with Gasteiger partial charge in [0.15, 0.2) is 5.76 Å². The summed E-state index contributed by atoms with van der Waals surface area (Å²) in [6, 6.07) is 10.1. The minimum absolute atomic E-state index is 0.0200. The highest BCUT2D eigenvalue weighted by atomic mass is 32.2. The molecule has 0 aliphatic carbocycles. The van der Waals surface area contributed by atoms with Gasteiger partial charge in [0.25, 0.3) is 0 Å². The Hall–Kier alpha value is -2.01. The van der Waals surface area contributed by atoms with E-state index in [4.69, 9.17) is 4.42 Å². The number of furan rings is 1. The molecule has 2 rings (SSSR count). The van der Waals surface area contributed by atoms with E-state index in [-0.39, 0.29) is 17.3 Å². The highest BCUT2D eigenvalue weighted by molar-refractivity contribution is 7.98. The summed E-state index contributed by atoms with van der Waals surface area (Å²) >= 11 is 1.60. The van der Waals surface area contributed by atoms with Crippen LogP contribution in [0.25, 0.3) is 0 Å². The van der Waals surface area contributed by atoms with Crippen LogP contribution in [-0.2, 0) is 4.74 Å². The summed E-state index contributed by atoms with van der Waals surface area (Å²) in [4.78, 5) is 24.4. The van der Waals surface area contributed by atoms with Gasteiger partial charge < -0.3 is 9.15 Å². The van der Waals surface area contributed by atoms with Crippen LogP contribution in [0.1, 0.15) is 26.7 Å². The van der Waals surface area contributed by atoms with Crippen LogP contribution in [0.3, 0.4) is 0 Å². The van der Waals surface area contributed by atoms with Gasteiger partial charge >= 0.3 is 5.97 Å². The number of methoxy groups -OCH3 is 1. The number of hydrogen-bond acceptors (Lipinski definition) is 5. The Morgan fingerprint density at radius 1 is 1.05 bits per heavy atom. The van der Waals surface area contributed by atoms with Crippen molar-refractivity contribution in [1.82, 2.24) is 0 Å². The van der Waals surface area contributed by atoms with E-state index in [1.54, 1.807) is 23.9 Å². The molecule has 0 spiro atoms. The smallest absolute Gasteiger partial charge is 0.373 e. The van der Waals surface area contributed by atoms with Crippen molar-refractivity contribution in [2.24, 2.45) is 0 Å². The third-order valence-corrected chi connectivity index (χ3v) is 3.31. The highest BCUT2D eigenvalue weighted by Crippen LogP contribution is 2.18. The number of thioether (sulfide) groups is 1. The minimum atomic E-state index is -0.600. The van der Waals surface area contributed by atoms with Crippen LogP contribution < -0.4 is 0 Å². The number of rotatable bonds is 4. The van der Waals surface area contributed by atoms with Crippen molar-refractivity contribution in [3.8, 4) is 0 Å². The first-order chi connectivity index (χ1) is 9.15. The average molecular weight is 276 g/mol. The second-order valence-electron chi connectivity index (χ2n) is 3.71. The van der Waals surface area contributed by atoms with E-state index in [9.17, 15) is 9.59 Å². The molecule has 0 N–H and O–H groups in total. The minimum Gasteiger partial charge on any atom is -0.463 e. The van der Waals surface area contributed by atoms with Crippen LogP contribution in [0, 0.1) is 0 Å². The second-order valence-corrected chi connectivity index (χ2v) is 4.59. The van der Waals surface area contributed by atoms with Crippen LogP contribution in [0.4, 0.5) is 0 Å². The first-order valence-electron chi connectivity index (χ1n) is 5.52. The maximum atomic E-state index is 12.1. The molecule has 0 bridgehead atoms. The van der Waals surface area contributed by atoms with Gasteiger partial charge in [-0.15, -0.1) is 11.8 Å². The lowest BCUT2D eigenvalue weighted by Gasteiger charge is -1.99. The van der Waals surface area contributed by atoms with Crippen molar-refractivity contribution in [3.63, 3.8) is 0 Å². The molecule has 0 aliphatic rings. The summed E-state index contributed by atoms with van der Waals surface area (Å²) in [5.74, 6) is -0.719. The Morgan fingerprint density at radius 3 is 2.26 bits per heavy atom. The van der Waals surface area contributed by atoms with Gasteiger partial charge in [-0.25, -0.2) is 4.79 Å². The number of esters is 1. The zero-order valence-corrected chi connectivity index (χ0v) is 11.3. The predicted octanol–water partition coefficient (Wildman–Crippen LogP) is 3.02. The number of ketones is 1. The molecule has 1 heterocycles. The topological polar surface area (TPSA) is 56.5 Å². The molecular formula is C14H12O4S. The molecule has 4 nitrogen and oxygen atoms in total. The van der Waals surface area contributed by atoms with E-state index >= 15 is 0 Å². The molecule has 0 radical (unpaired) electrons. The predicted molar refractivity (Wildman–Crippen MR) is 71.7 cm³/mol. The molecule has 0 unspecified atom stereocenters. The van der Waals surface area contributed by atoms with Crippen molar-refractivity contribution >= 4 is 23.5 Å². The van der Waals surface area contributed by atoms with Crippen LogP contribution in [0.5, 0.6) is 0 Å². The molecule has 0 saturated carbocycles. The molecular weight excluding hydrogens is 264 g/mol. The van der Waals surface area contributed by atoms with Gasteiger partial charge in [-0.05, 0) is 42.7 Å². The summed E-state index contributed by atoms with van der Waals surface area (Å²) in [5.41, 5.74) is 0.517. The molecule has 0 fully saturated rings. The van der Waals surface area contributed by atoms with Gasteiger partial charge in [0.1, 0.15) is 0 Å². The fourth-order valence-electron chi connectivity index (χ4n) is 1.55. The highest BCUT2D eigenvalue weighted by Gasteiger charge is 2.17. The maximum absolute atomic E-state index is 12.1. The van der Waals surface area contributed by atoms with Crippen molar-refractivity contribution < 1.29 is 18.7 Å². The third-order valence-electron chi connectivity index (χ3n) is 2.57. The molecule has 0 amide bonds. The molecule has 5 heteroatoms. The van der Waals surface area contributed by atoms with Crippen molar-refractivity contribution in [1.29, 1.82) is 0 Å². The van der Waals surface area contributed by atoms with Crippen LogP contribution in [-0.4, -0.2) is 25.1 Å². The van der Waals surface area contributed by atoms with Crippen LogP contribution in [0.2, 0.25) is 0 Å². The van der Waals surface area contributed by atoms with E-state index in [0.29, 0.717) is 5.56 Å². The van der Waals surface area contributed by atoms with Crippen LogP contribution in [0.15, 0.2) is 45.7 Å². The Morgan fingerprint density at radius 2 is 1.68 bits per heavy atom. The number of carbonyl (C=O) groups excluding carboxylic acids is 2. The largest absolute Gasteiger partial charge is 0.463 e. The number of ether oxygens (including phenoxy) is 1. The van der Waals surface area contributed by atoms with Crippen molar-refractivity contribution in [2.75, 3.05) is 13.4 Å². The van der Waals surface area contributed by atoms with Crippen molar-refractivity contribution in [2.45, 2.75) is 4.90 Å². The SMILES string of the molecule is COC(=O)c1ccc(C(=O)c2ccc(SC)cc2)o1. The summed E-state index contributed by atoms with van der Waals surface area (Å²) in [7, 11) is 1.26. The molecule has 0 atom stereocenters. The van der Waals surface area contributed by atoms with Gasteiger partial charge in [0.2, 0.25) is 11.5 Å². The zero-order valence-electron chi connectivity index (χ0n) is 10.5. The average Bonchev–Trinajstić information content (AvgIpc) is 2.95. The molecule has 98 valence electrons. The van der Waals surface area contributed by atoms with Gasteiger partial charge in [-0.3, -0.25) is 4.79 Å². The summed E-state index contributed by atoms with van der Waals surface area (Å²) in [6.45, 7) is 0. The van der Waals surface area contributed by atoms with E-state index in [0.717, 1.165) is 4.90 Å². The molecule has 0 saturated heterocycles. The van der Waals surface area contributed by atoms with Gasteiger partial charge in [-0.1, -0.05) is 0 Å². The molecule has 1 aromatic heterocycles. The molecule has 0 aliphatic heterocycles. The fraction of sp³-hybridized carbons (Fsp3) is 0.143. The first kappa shape index (κ1) is 13.4. The van der Waals surface area contributed by atoms with Gasteiger partial charge in [0, 0.05) is 10.5 Å². The lowest BCUT2D eigenvalue weighted by atomic mass is 10.1. The molecule has 2 aromatic rings. The Kier molecular flexibility index (Phi) is 4.06. The second kappa shape index (κ2) is 5.75. The van der Waals surface area contributed by atoms with Crippen LogP contribution >= 0.6 is 11.8 Å². The lowest BCUT2D eigenvalue weighted by Crippen LogP contribution is -2.01. The summed E-state index contributed by atoms with van der Waals surface area (Å²) in [5, 5.41) is 0. The van der Waals surface area contributed by atoms with E-state index in [1.807, 2.05) is 18.4 Å². The van der Waals surface area contributed by atoms with E-state index in [2.05, 4.69) is 4.74 Å². The summed E-state index contributed by atoms with van der Waals surface area (Å²) < 4.78 is 9.70. The fourth-order valence-corrected chi connectivity index (χ4v) is 1.96.